The number of aryl methyl sites for hydroxylation is 1. The van der Waals surface area contributed by atoms with Crippen LogP contribution in [-0.2, 0) is 4.79 Å². The molecule has 2 atom stereocenters. The van der Waals surface area contributed by atoms with E-state index < -0.39 is 0 Å². The molecule has 1 aromatic rings. The molecule has 2 aliphatic heterocycles. The second kappa shape index (κ2) is 6.79. The molecule has 0 spiro atoms. The molecule has 3 rings (SSSR count). The summed E-state index contributed by atoms with van der Waals surface area (Å²) in [5.41, 5.74) is 1.10. The molecule has 5 heteroatoms. The van der Waals surface area contributed by atoms with Crippen molar-refractivity contribution in [1.29, 1.82) is 0 Å². The average molecular weight is 318 g/mol. The van der Waals surface area contributed by atoms with Gasteiger partial charge in [-0.15, -0.1) is 0 Å². The first-order valence-corrected chi connectivity index (χ1v) is 8.36. The van der Waals surface area contributed by atoms with Crippen LogP contribution in [0.1, 0.15) is 31.2 Å². The lowest BCUT2D eigenvalue weighted by molar-refractivity contribution is -0.134. The maximum absolute atomic E-state index is 12.5. The van der Waals surface area contributed by atoms with E-state index in [2.05, 4.69) is 5.32 Å². The van der Waals surface area contributed by atoms with Gasteiger partial charge in [0.15, 0.2) is 18.1 Å². The third-order valence-corrected chi connectivity index (χ3v) is 5.06. The van der Waals surface area contributed by atoms with Gasteiger partial charge in [0.1, 0.15) is 0 Å². The molecule has 2 fully saturated rings. The third-order valence-electron chi connectivity index (χ3n) is 5.06. The van der Waals surface area contributed by atoms with Crippen LogP contribution in [0.3, 0.4) is 0 Å². The fourth-order valence-corrected chi connectivity index (χ4v) is 3.68. The Morgan fingerprint density at radius 2 is 1.96 bits per heavy atom. The Labute approximate surface area is 137 Å². The van der Waals surface area contributed by atoms with Gasteiger partial charge < -0.3 is 19.7 Å². The van der Waals surface area contributed by atoms with Gasteiger partial charge in [-0.25, -0.2) is 0 Å². The zero-order valence-corrected chi connectivity index (χ0v) is 14.2. The highest BCUT2D eigenvalue weighted by atomic mass is 16.5. The zero-order valence-electron chi connectivity index (χ0n) is 14.2. The number of carbonyl (C=O) groups excluding carboxylic acids is 1. The van der Waals surface area contributed by atoms with E-state index in [-0.39, 0.29) is 12.5 Å². The molecule has 126 valence electrons. The molecule has 0 aromatic heterocycles. The molecule has 2 unspecified atom stereocenters. The Bertz CT molecular complexity index is 563. The molecule has 1 amide bonds. The van der Waals surface area contributed by atoms with Crippen LogP contribution in [0.15, 0.2) is 18.2 Å². The number of nitrogens with one attached hydrogen (secondary N) is 1. The van der Waals surface area contributed by atoms with Crippen molar-refractivity contribution < 1.29 is 14.3 Å². The number of nitrogens with zero attached hydrogens (tertiary/aromatic N) is 1. The van der Waals surface area contributed by atoms with Gasteiger partial charge in [0, 0.05) is 25.2 Å². The second-order valence-electron chi connectivity index (χ2n) is 6.71. The van der Waals surface area contributed by atoms with Gasteiger partial charge in [-0.2, -0.15) is 0 Å². The Kier molecular flexibility index (Phi) is 4.76. The number of hydrogen-bond acceptors (Lipinski definition) is 4. The van der Waals surface area contributed by atoms with Crippen LogP contribution < -0.4 is 14.8 Å². The standard InChI is InChI=1S/C18H26N2O3/c1-12-4-7-16(17(8-12)22-3)23-11-18(21)20(2)15-9-13-5-6-14(10-15)19-13/h4,7-8,13-15,19H,5-6,9-11H2,1-3H3. The maximum atomic E-state index is 12.5. The summed E-state index contributed by atoms with van der Waals surface area (Å²) in [6.07, 6.45) is 4.57. The van der Waals surface area contributed by atoms with Crippen molar-refractivity contribution in [2.45, 2.75) is 50.7 Å². The number of likely N-dealkylation sites (N-methyl/N-ethyl adjacent to an activating group) is 1. The molecule has 5 nitrogen and oxygen atoms in total. The van der Waals surface area contributed by atoms with Crippen molar-refractivity contribution in [3.63, 3.8) is 0 Å². The van der Waals surface area contributed by atoms with Crippen molar-refractivity contribution >= 4 is 5.91 Å². The van der Waals surface area contributed by atoms with Gasteiger partial charge in [0.2, 0.25) is 0 Å². The van der Waals surface area contributed by atoms with Crippen LogP contribution in [0.4, 0.5) is 0 Å². The van der Waals surface area contributed by atoms with Crippen molar-refractivity contribution in [2.24, 2.45) is 0 Å². The first-order chi connectivity index (χ1) is 11.1. The van der Waals surface area contributed by atoms with Crippen LogP contribution in [0.5, 0.6) is 11.5 Å². The van der Waals surface area contributed by atoms with E-state index in [9.17, 15) is 4.79 Å². The van der Waals surface area contributed by atoms with Crippen molar-refractivity contribution in [2.75, 3.05) is 20.8 Å². The van der Waals surface area contributed by atoms with Gasteiger partial charge in [-0.1, -0.05) is 6.07 Å². The highest BCUT2D eigenvalue weighted by molar-refractivity contribution is 5.78. The summed E-state index contributed by atoms with van der Waals surface area (Å²) in [4.78, 5) is 14.3. The first-order valence-electron chi connectivity index (χ1n) is 8.36. The van der Waals surface area contributed by atoms with E-state index in [1.54, 1.807) is 7.11 Å². The smallest absolute Gasteiger partial charge is 0.260 e. The van der Waals surface area contributed by atoms with E-state index in [0.29, 0.717) is 29.6 Å². The largest absolute Gasteiger partial charge is 0.493 e. The molecular formula is C18H26N2O3. The lowest BCUT2D eigenvalue weighted by Gasteiger charge is -2.35. The van der Waals surface area contributed by atoms with E-state index in [4.69, 9.17) is 9.47 Å². The number of fused-ring (bicyclic) bond motifs is 2. The minimum absolute atomic E-state index is 0.0268. The average Bonchev–Trinajstić information content (AvgIpc) is 2.90. The van der Waals surface area contributed by atoms with Gasteiger partial charge in [0.05, 0.1) is 7.11 Å². The number of amides is 1. The molecule has 2 aliphatic rings. The number of carbonyl (C=O) groups is 1. The summed E-state index contributed by atoms with van der Waals surface area (Å²) in [5.74, 6) is 1.31. The number of hydrogen-bond donors (Lipinski definition) is 1. The summed E-state index contributed by atoms with van der Waals surface area (Å²) >= 11 is 0. The Hall–Kier alpha value is -1.75. The minimum Gasteiger partial charge on any atom is -0.493 e. The number of benzene rings is 1. The molecule has 0 radical (unpaired) electrons. The summed E-state index contributed by atoms with van der Waals surface area (Å²) in [6.45, 7) is 2.05. The molecule has 2 bridgehead atoms. The van der Waals surface area contributed by atoms with Crippen molar-refractivity contribution in [1.82, 2.24) is 10.2 Å². The maximum Gasteiger partial charge on any atom is 0.260 e. The van der Waals surface area contributed by atoms with Gasteiger partial charge in [-0.05, 0) is 50.3 Å². The third kappa shape index (κ3) is 3.61. The minimum atomic E-state index is 0.0268. The Morgan fingerprint density at radius 1 is 1.26 bits per heavy atom. The molecule has 1 N–H and O–H groups in total. The lowest BCUT2D eigenvalue weighted by atomic mass is 9.98. The topological polar surface area (TPSA) is 50.8 Å². The van der Waals surface area contributed by atoms with E-state index in [1.807, 2.05) is 37.1 Å². The molecule has 23 heavy (non-hydrogen) atoms. The fourth-order valence-electron chi connectivity index (χ4n) is 3.68. The van der Waals surface area contributed by atoms with Crippen LogP contribution in [-0.4, -0.2) is 49.7 Å². The Balaban J connectivity index is 1.57. The quantitative estimate of drug-likeness (QED) is 0.903. The number of ether oxygens (including phenoxy) is 2. The SMILES string of the molecule is COc1cc(C)ccc1OCC(=O)N(C)C1CC2CCC(C1)N2. The normalized spacial score (nSPS) is 26.0. The highest BCUT2D eigenvalue weighted by Gasteiger charge is 2.36. The first kappa shape index (κ1) is 16.1. The fraction of sp³-hybridized carbons (Fsp3) is 0.611. The summed E-state index contributed by atoms with van der Waals surface area (Å²) in [6, 6.07) is 7.19. The van der Waals surface area contributed by atoms with Crippen molar-refractivity contribution in [3.05, 3.63) is 23.8 Å². The van der Waals surface area contributed by atoms with Crippen LogP contribution in [0, 0.1) is 6.92 Å². The van der Waals surface area contributed by atoms with E-state index in [1.165, 1.54) is 12.8 Å². The van der Waals surface area contributed by atoms with E-state index >= 15 is 0 Å². The molecule has 0 aliphatic carbocycles. The van der Waals surface area contributed by atoms with Crippen LogP contribution in [0.25, 0.3) is 0 Å². The molecular weight excluding hydrogens is 292 g/mol. The second-order valence-corrected chi connectivity index (χ2v) is 6.71. The van der Waals surface area contributed by atoms with Crippen LogP contribution in [0.2, 0.25) is 0 Å². The molecule has 2 saturated heterocycles. The Morgan fingerprint density at radius 3 is 2.61 bits per heavy atom. The molecule has 2 heterocycles. The monoisotopic (exact) mass is 318 g/mol. The molecule has 0 saturated carbocycles. The van der Waals surface area contributed by atoms with E-state index in [0.717, 1.165) is 18.4 Å². The highest BCUT2D eigenvalue weighted by Crippen LogP contribution is 2.30. The van der Waals surface area contributed by atoms with Gasteiger partial charge in [0.25, 0.3) is 5.91 Å². The van der Waals surface area contributed by atoms with Crippen molar-refractivity contribution in [3.8, 4) is 11.5 Å². The lowest BCUT2D eigenvalue weighted by Crippen LogP contribution is -2.49. The van der Waals surface area contributed by atoms with Gasteiger partial charge in [-0.3, -0.25) is 4.79 Å². The zero-order chi connectivity index (χ0) is 16.4. The predicted molar refractivity (Wildman–Crippen MR) is 89.0 cm³/mol. The predicted octanol–water partition coefficient (Wildman–Crippen LogP) is 2.12. The number of piperidine rings is 1. The van der Waals surface area contributed by atoms with Crippen LogP contribution >= 0.6 is 0 Å². The summed E-state index contributed by atoms with van der Waals surface area (Å²) in [5, 5.41) is 3.61. The summed E-state index contributed by atoms with van der Waals surface area (Å²) < 4.78 is 11.0. The number of methoxy groups -OCH3 is 1. The van der Waals surface area contributed by atoms with Gasteiger partial charge >= 0.3 is 0 Å². The number of rotatable bonds is 5. The molecule has 1 aromatic carbocycles. The summed E-state index contributed by atoms with van der Waals surface area (Å²) in [7, 11) is 3.51.